The lowest BCUT2D eigenvalue weighted by Crippen LogP contribution is -1.90. The maximum atomic E-state index is 6.56. The molecule has 0 N–H and O–H groups in total. The fraction of sp³-hybridized carbons (Fsp3) is 0. The zero-order valence-electron chi connectivity index (χ0n) is 25.6. The molecule has 0 aliphatic carbocycles. The fourth-order valence-electron chi connectivity index (χ4n) is 6.93. The van der Waals surface area contributed by atoms with Crippen LogP contribution >= 0.6 is 0 Å². The molecule has 5 aromatic heterocycles. The second kappa shape index (κ2) is 10.5. The maximum Gasteiger partial charge on any atom is 0.161 e. The lowest BCUT2D eigenvalue weighted by Gasteiger charge is -2.12. The third kappa shape index (κ3) is 4.15. The van der Waals surface area contributed by atoms with E-state index in [0.717, 1.165) is 99.4 Å². The molecule has 224 valence electrons. The van der Waals surface area contributed by atoms with Gasteiger partial charge in [0.05, 0.1) is 11.1 Å². The second-order valence-electron chi connectivity index (χ2n) is 12.1. The number of rotatable bonds is 4. The first-order valence-corrected chi connectivity index (χ1v) is 15.9. The first-order chi connectivity index (χ1) is 23.8. The molecule has 48 heavy (non-hydrogen) atoms. The van der Waals surface area contributed by atoms with Gasteiger partial charge in [-0.25, -0.2) is 4.98 Å². The summed E-state index contributed by atoms with van der Waals surface area (Å²) in [5, 5.41) is 5.09. The second-order valence-corrected chi connectivity index (χ2v) is 12.1. The van der Waals surface area contributed by atoms with E-state index in [1.165, 1.54) is 0 Å². The van der Waals surface area contributed by atoms with Gasteiger partial charge in [0.1, 0.15) is 22.3 Å². The van der Waals surface area contributed by atoms with Gasteiger partial charge in [0, 0.05) is 63.0 Å². The molecule has 5 heterocycles. The topological polar surface area (TPSA) is 65.0 Å². The van der Waals surface area contributed by atoms with Gasteiger partial charge in [0.15, 0.2) is 5.58 Å². The van der Waals surface area contributed by atoms with Crippen molar-refractivity contribution in [1.82, 2.24) is 15.0 Å². The molecule has 5 nitrogen and oxygen atoms in total. The van der Waals surface area contributed by atoms with E-state index < -0.39 is 0 Å². The van der Waals surface area contributed by atoms with E-state index in [2.05, 4.69) is 88.8 Å². The van der Waals surface area contributed by atoms with E-state index >= 15 is 0 Å². The quantitative estimate of drug-likeness (QED) is 0.197. The molecule has 0 amide bonds. The van der Waals surface area contributed by atoms with Gasteiger partial charge in [0.2, 0.25) is 0 Å². The van der Waals surface area contributed by atoms with Crippen LogP contribution in [0.4, 0.5) is 0 Å². The van der Waals surface area contributed by atoms with Crippen molar-refractivity contribution in [2.24, 2.45) is 0 Å². The van der Waals surface area contributed by atoms with E-state index in [-0.39, 0.29) is 0 Å². The van der Waals surface area contributed by atoms with Crippen LogP contribution < -0.4 is 0 Å². The van der Waals surface area contributed by atoms with Crippen molar-refractivity contribution < 1.29 is 8.83 Å². The minimum Gasteiger partial charge on any atom is -0.455 e. The minimum atomic E-state index is 0.768. The van der Waals surface area contributed by atoms with Gasteiger partial charge in [-0.3, -0.25) is 9.97 Å². The van der Waals surface area contributed by atoms with Crippen molar-refractivity contribution in [3.8, 4) is 44.6 Å². The number of fused-ring (bicyclic) bond motifs is 9. The maximum absolute atomic E-state index is 6.56. The van der Waals surface area contributed by atoms with Crippen molar-refractivity contribution in [3.63, 3.8) is 0 Å². The number of nitrogens with zero attached hydrogens (tertiary/aromatic N) is 3. The number of benzene rings is 5. The summed E-state index contributed by atoms with van der Waals surface area (Å²) in [6.07, 6.45) is 7.41. The Hall–Kier alpha value is -6.59. The molecule has 0 saturated carbocycles. The molecule has 0 bridgehead atoms. The van der Waals surface area contributed by atoms with Gasteiger partial charge in [-0.1, -0.05) is 72.8 Å². The number of para-hydroxylation sites is 2. The molecular formula is C43H25N3O2. The summed E-state index contributed by atoms with van der Waals surface area (Å²) in [7, 11) is 0. The van der Waals surface area contributed by atoms with Crippen LogP contribution in [0.25, 0.3) is 99.4 Å². The first-order valence-electron chi connectivity index (χ1n) is 15.9. The van der Waals surface area contributed by atoms with Crippen LogP contribution in [0, 0.1) is 0 Å². The predicted octanol–water partition coefficient (Wildman–Crippen LogP) is 11.5. The Labute approximate surface area is 274 Å². The molecule has 10 aromatic rings. The highest BCUT2D eigenvalue weighted by Gasteiger charge is 2.21. The highest BCUT2D eigenvalue weighted by Crippen LogP contribution is 2.43. The molecule has 0 unspecified atom stereocenters. The minimum absolute atomic E-state index is 0.768. The monoisotopic (exact) mass is 615 g/mol. The lowest BCUT2D eigenvalue weighted by atomic mass is 9.93. The Bertz CT molecular complexity index is 2760. The summed E-state index contributed by atoms with van der Waals surface area (Å²) in [4.78, 5) is 14.1. The summed E-state index contributed by atoms with van der Waals surface area (Å²) in [5.41, 5.74) is 12.4. The number of furan rings is 2. The van der Waals surface area contributed by atoms with Gasteiger partial charge < -0.3 is 8.83 Å². The average molecular weight is 616 g/mol. The molecule has 0 atom stereocenters. The van der Waals surface area contributed by atoms with Crippen molar-refractivity contribution in [2.45, 2.75) is 0 Å². The standard InChI is InChI=1S/C43H25N3O2/c1-3-11-37-33(9-1)34-17-18-36-41(43(34)48-37)46-40(39-35-10-2-4-12-38(35)47-42(36)39)27-15-13-26(14-16-27)30-21-31(28-7-5-19-44-24-28)23-32(22-30)29-8-6-20-45-25-29/h1-25H. The van der Waals surface area contributed by atoms with Gasteiger partial charge in [-0.15, -0.1) is 0 Å². The molecule has 0 saturated heterocycles. The molecule has 0 aliphatic rings. The Morgan fingerprint density at radius 2 is 0.958 bits per heavy atom. The van der Waals surface area contributed by atoms with Crippen LogP contribution in [0.2, 0.25) is 0 Å². The van der Waals surface area contributed by atoms with Crippen molar-refractivity contribution in [3.05, 3.63) is 152 Å². The van der Waals surface area contributed by atoms with Gasteiger partial charge >= 0.3 is 0 Å². The molecule has 5 heteroatoms. The van der Waals surface area contributed by atoms with Gasteiger partial charge in [0.25, 0.3) is 0 Å². The summed E-state index contributed by atoms with van der Waals surface area (Å²) >= 11 is 0. The molecule has 0 aliphatic heterocycles. The van der Waals surface area contributed by atoms with Crippen molar-refractivity contribution >= 4 is 54.8 Å². The van der Waals surface area contributed by atoms with E-state index in [9.17, 15) is 0 Å². The first kappa shape index (κ1) is 26.6. The van der Waals surface area contributed by atoms with Gasteiger partial charge in [-0.2, -0.15) is 0 Å². The van der Waals surface area contributed by atoms with E-state index in [1.807, 2.05) is 60.9 Å². The Balaban J connectivity index is 1.18. The number of aromatic nitrogens is 3. The highest BCUT2D eigenvalue weighted by molar-refractivity contribution is 6.24. The normalized spacial score (nSPS) is 11.8. The molecule has 5 aromatic carbocycles. The summed E-state index contributed by atoms with van der Waals surface area (Å²) < 4.78 is 13.0. The van der Waals surface area contributed by atoms with Crippen LogP contribution in [-0.4, -0.2) is 15.0 Å². The number of pyridine rings is 3. The smallest absolute Gasteiger partial charge is 0.161 e. The average Bonchev–Trinajstić information content (AvgIpc) is 3.75. The van der Waals surface area contributed by atoms with Crippen LogP contribution in [-0.2, 0) is 0 Å². The highest BCUT2D eigenvalue weighted by atomic mass is 16.3. The van der Waals surface area contributed by atoms with Gasteiger partial charge in [-0.05, 0) is 76.9 Å². The third-order valence-corrected chi connectivity index (χ3v) is 9.24. The Morgan fingerprint density at radius 3 is 1.62 bits per heavy atom. The van der Waals surface area contributed by atoms with Crippen molar-refractivity contribution in [1.29, 1.82) is 0 Å². The lowest BCUT2D eigenvalue weighted by molar-refractivity contribution is 0.668. The molecule has 10 rings (SSSR count). The third-order valence-electron chi connectivity index (χ3n) is 9.24. The molecular weight excluding hydrogens is 590 g/mol. The van der Waals surface area contributed by atoms with Crippen LogP contribution in [0.15, 0.2) is 161 Å². The summed E-state index contributed by atoms with van der Waals surface area (Å²) in [6.45, 7) is 0. The molecule has 0 spiro atoms. The largest absolute Gasteiger partial charge is 0.455 e. The SMILES string of the molecule is c1cncc(-c2cc(-c3ccc(-c4nc5c(ccc6c7ccccc7oc65)c5oc6ccccc6c45)cc3)cc(-c3cccnc3)c2)c1. The van der Waals surface area contributed by atoms with Crippen molar-refractivity contribution in [2.75, 3.05) is 0 Å². The summed E-state index contributed by atoms with van der Waals surface area (Å²) in [6, 6.07) is 44.0. The zero-order valence-corrected chi connectivity index (χ0v) is 25.6. The summed E-state index contributed by atoms with van der Waals surface area (Å²) in [5.74, 6) is 0. The predicted molar refractivity (Wildman–Crippen MR) is 194 cm³/mol. The van der Waals surface area contributed by atoms with Crippen LogP contribution in [0.3, 0.4) is 0 Å². The van der Waals surface area contributed by atoms with E-state index in [4.69, 9.17) is 13.8 Å². The number of hydrogen-bond donors (Lipinski definition) is 0. The van der Waals surface area contributed by atoms with E-state index in [0.29, 0.717) is 0 Å². The zero-order chi connectivity index (χ0) is 31.6. The number of hydrogen-bond acceptors (Lipinski definition) is 5. The Morgan fingerprint density at radius 1 is 0.396 bits per heavy atom. The Kier molecular flexibility index (Phi) is 5.81. The van der Waals surface area contributed by atoms with Crippen LogP contribution in [0.1, 0.15) is 0 Å². The molecule has 0 radical (unpaired) electrons. The molecule has 0 fully saturated rings. The van der Waals surface area contributed by atoms with Crippen LogP contribution in [0.5, 0.6) is 0 Å². The fourth-order valence-corrected chi connectivity index (χ4v) is 6.93. The van der Waals surface area contributed by atoms with E-state index in [1.54, 1.807) is 12.4 Å².